The molecule has 138 valence electrons. The lowest BCUT2D eigenvalue weighted by Gasteiger charge is -2.11. The van der Waals surface area contributed by atoms with Crippen LogP contribution in [0.4, 0.5) is 0 Å². The van der Waals surface area contributed by atoms with Crippen molar-refractivity contribution in [3.63, 3.8) is 0 Å². The van der Waals surface area contributed by atoms with E-state index >= 15 is 0 Å². The Morgan fingerprint density at radius 2 is 1.48 bits per heavy atom. The number of carbonyl (C=O) groups is 2. The maximum atomic E-state index is 12.2. The molecule has 0 unspecified atom stereocenters. The maximum absolute atomic E-state index is 12.2. The van der Waals surface area contributed by atoms with Gasteiger partial charge in [-0.15, -0.1) is 0 Å². The van der Waals surface area contributed by atoms with Crippen molar-refractivity contribution in [2.24, 2.45) is 0 Å². The van der Waals surface area contributed by atoms with Gasteiger partial charge >= 0.3 is 11.9 Å². The predicted octanol–water partition coefficient (Wildman–Crippen LogP) is 3.62. The van der Waals surface area contributed by atoms with Crippen molar-refractivity contribution < 1.29 is 28.5 Å². The summed E-state index contributed by atoms with van der Waals surface area (Å²) in [6.07, 6.45) is 0. The van der Waals surface area contributed by atoms with Crippen LogP contribution in [0.15, 0.2) is 60.7 Å². The van der Waals surface area contributed by atoms with Crippen LogP contribution in [0, 0.1) is 0 Å². The lowest BCUT2D eigenvalue weighted by Crippen LogP contribution is -2.19. The van der Waals surface area contributed by atoms with Crippen LogP contribution < -0.4 is 14.2 Å². The average molecular weight is 366 g/mol. The SMILES string of the molecule is COC(=O)c1cc2ccccc2cc1OC(=O)COc1ccc(OC)cc1. The molecular weight excluding hydrogens is 348 g/mol. The van der Waals surface area contributed by atoms with Gasteiger partial charge in [0, 0.05) is 0 Å². The Balaban J connectivity index is 1.75. The quantitative estimate of drug-likeness (QED) is 0.490. The summed E-state index contributed by atoms with van der Waals surface area (Å²) in [4.78, 5) is 24.2. The molecular formula is C21H18O6. The van der Waals surface area contributed by atoms with E-state index in [-0.39, 0.29) is 17.9 Å². The van der Waals surface area contributed by atoms with Crippen LogP contribution in [0.5, 0.6) is 17.2 Å². The number of fused-ring (bicyclic) bond motifs is 1. The van der Waals surface area contributed by atoms with Crippen LogP contribution in [-0.4, -0.2) is 32.8 Å². The molecule has 0 heterocycles. The molecule has 3 rings (SSSR count). The number of rotatable bonds is 6. The Morgan fingerprint density at radius 1 is 0.852 bits per heavy atom. The topological polar surface area (TPSA) is 71.1 Å². The van der Waals surface area contributed by atoms with Crippen LogP contribution in [0.1, 0.15) is 10.4 Å². The molecule has 6 nitrogen and oxygen atoms in total. The van der Waals surface area contributed by atoms with Crippen molar-refractivity contribution in [3.05, 3.63) is 66.2 Å². The standard InChI is InChI=1S/C21H18O6/c1-24-16-7-9-17(10-8-16)26-13-20(22)27-19-12-15-6-4-3-5-14(15)11-18(19)21(23)25-2/h3-12H,13H2,1-2H3. The van der Waals surface area contributed by atoms with Crippen LogP contribution in [0.3, 0.4) is 0 Å². The number of carbonyl (C=O) groups excluding carboxylic acids is 2. The van der Waals surface area contributed by atoms with E-state index in [1.54, 1.807) is 43.5 Å². The summed E-state index contributed by atoms with van der Waals surface area (Å²) in [7, 11) is 2.84. The minimum Gasteiger partial charge on any atom is -0.497 e. The third-order valence-corrected chi connectivity index (χ3v) is 3.89. The fourth-order valence-corrected chi connectivity index (χ4v) is 2.54. The average Bonchev–Trinajstić information content (AvgIpc) is 2.71. The Labute approximate surface area is 156 Å². The number of hydrogen-bond acceptors (Lipinski definition) is 6. The van der Waals surface area contributed by atoms with Crippen LogP contribution in [0.2, 0.25) is 0 Å². The van der Waals surface area contributed by atoms with Crippen molar-refractivity contribution in [2.75, 3.05) is 20.8 Å². The van der Waals surface area contributed by atoms with Gasteiger partial charge in [0.15, 0.2) is 6.61 Å². The first-order valence-corrected chi connectivity index (χ1v) is 8.19. The summed E-state index contributed by atoms with van der Waals surface area (Å²) in [6, 6.07) is 17.5. The van der Waals surface area contributed by atoms with Crippen LogP contribution in [0.25, 0.3) is 10.8 Å². The molecule has 0 radical (unpaired) electrons. The maximum Gasteiger partial charge on any atom is 0.349 e. The summed E-state index contributed by atoms with van der Waals surface area (Å²) < 4.78 is 20.6. The highest BCUT2D eigenvalue weighted by atomic mass is 16.6. The molecule has 0 aromatic heterocycles. The summed E-state index contributed by atoms with van der Waals surface area (Å²) >= 11 is 0. The van der Waals surface area contributed by atoms with E-state index in [0.29, 0.717) is 11.5 Å². The van der Waals surface area contributed by atoms with Gasteiger partial charge in [0.05, 0.1) is 14.2 Å². The smallest absolute Gasteiger partial charge is 0.349 e. The van der Waals surface area contributed by atoms with Gasteiger partial charge < -0.3 is 18.9 Å². The lowest BCUT2D eigenvalue weighted by atomic mass is 10.1. The van der Waals surface area contributed by atoms with E-state index in [4.69, 9.17) is 18.9 Å². The van der Waals surface area contributed by atoms with Gasteiger partial charge in [0.1, 0.15) is 22.8 Å². The molecule has 6 heteroatoms. The molecule has 0 saturated carbocycles. The number of hydrogen-bond donors (Lipinski definition) is 0. The number of esters is 2. The second-order valence-electron chi connectivity index (χ2n) is 5.63. The van der Waals surface area contributed by atoms with Gasteiger partial charge in [-0.25, -0.2) is 9.59 Å². The van der Waals surface area contributed by atoms with E-state index in [0.717, 1.165) is 10.8 Å². The minimum atomic E-state index is -0.633. The molecule has 3 aromatic carbocycles. The fraction of sp³-hybridized carbons (Fsp3) is 0.143. The largest absolute Gasteiger partial charge is 0.497 e. The van der Waals surface area contributed by atoms with Gasteiger partial charge in [0.2, 0.25) is 0 Å². The van der Waals surface area contributed by atoms with Crippen molar-refractivity contribution in [1.82, 2.24) is 0 Å². The second kappa shape index (κ2) is 8.23. The first-order chi connectivity index (χ1) is 13.1. The monoisotopic (exact) mass is 366 g/mol. The normalized spacial score (nSPS) is 10.3. The van der Waals surface area contributed by atoms with E-state index in [9.17, 15) is 9.59 Å². The highest BCUT2D eigenvalue weighted by molar-refractivity contribution is 5.99. The van der Waals surface area contributed by atoms with Gasteiger partial charge in [-0.3, -0.25) is 0 Å². The molecule has 0 aliphatic rings. The molecule has 0 saturated heterocycles. The summed E-state index contributed by atoms with van der Waals surface area (Å²) in [5, 5.41) is 1.68. The van der Waals surface area contributed by atoms with E-state index in [1.165, 1.54) is 7.11 Å². The van der Waals surface area contributed by atoms with Gasteiger partial charge in [0.25, 0.3) is 0 Å². The highest BCUT2D eigenvalue weighted by Crippen LogP contribution is 2.27. The van der Waals surface area contributed by atoms with Gasteiger partial charge in [-0.05, 0) is 47.2 Å². The fourth-order valence-electron chi connectivity index (χ4n) is 2.54. The number of benzene rings is 3. The van der Waals surface area contributed by atoms with E-state index < -0.39 is 11.9 Å². The molecule has 0 N–H and O–H groups in total. The summed E-state index contributed by atoms with van der Waals surface area (Å²) in [6.45, 7) is -0.306. The minimum absolute atomic E-state index is 0.129. The zero-order valence-corrected chi connectivity index (χ0v) is 14.9. The van der Waals surface area contributed by atoms with Crippen molar-refractivity contribution >= 4 is 22.7 Å². The molecule has 0 aliphatic carbocycles. The van der Waals surface area contributed by atoms with Gasteiger partial charge in [-0.1, -0.05) is 24.3 Å². The third-order valence-electron chi connectivity index (χ3n) is 3.89. The first kappa shape index (κ1) is 18.3. The highest BCUT2D eigenvalue weighted by Gasteiger charge is 2.17. The van der Waals surface area contributed by atoms with Crippen molar-refractivity contribution in [2.45, 2.75) is 0 Å². The Bertz CT molecular complexity index is 962. The molecule has 3 aromatic rings. The van der Waals surface area contributed by atoms with E-state index in [2.05, 4.69) is 0 Å². The molecule has 0 amide bonds. The molecule has 0 atom stereocenters. The molecule has 0 bridgehead atoms. The zero-order chi connectivity index (χ0) is 19.2. The van der Waals surface area contributed by atoms with Crippen LogP contribution in [-0.2, 0) is 9.53 Å². The molecule has 0 fully saturated rings. The third kappa shape index (κ3) is 4.36. The number of methoxy groups -OCH3 is 2. The Hall–Kier alpha value is -3.54. The predicted molar refractivity (Wildman–Crippen MR) is 99.4 cm³/mol. The zero-order valence-electron chi connectivity index (χ0n) is 14.9. The Kier molecular flexibility index (Phi) is 5.56. The lowest BCUT2D eigenvalue weighted by molar-refractivity contribution is -0.136. The van der Waals surface area contributed by atoms with Crippen molar-refractivity contribution in [1.29, 1.82) is 0 Å². The second-order valence-corrected chi connectivity index (χ2v) is 5.63. The Morgan fingerprint density at radius 3 is 2.11 bits per heavy atom. The molecule has 0 aliphatic heterocycles. The molecule has 27 heavy (non-hydrogen) atoms. The first-order valence-electron chi connectivity index (χ1n) is 8.19. The number of ether oxygens (including phenoxy) is 4. The summed E-state index contributed by atoms with van der Waals surface area (Å²) in [5.74, 6) is 0.0954. The van der Waals surface area contributed by atoms with Crippen LogP contribution >= 0.6 is 0 Å². The molecule has 0 spiro atoms. The van der Waals surface area contributed by atoms with Crippen molar-refractivity contribution in [3.8, 4) is 17.2 Å². The summed E-state index contributed by atoms with van der Waals surface area (Å²) in [5.41, 5.74) is 0.175. The van der Waals surface area contributed by atoms with Gasteiger partial charge in [-0.2, -0.15) is 0 Å². The van der Waals surface area contributed by atoms with E-state index in [1.807, 2.05) is 24.3 Å².